The quantitative estimate of drug-likeness (QED) is 0.506. The van der Waals surface area contributed by atoms with Crippen LogP contribution in [0, 0.1) is 5.82 Å². The Balaban J connectivity index is 1.96. The lowest BCUT2D eigenvalue weighted by atomic mass is 9.88. The lowest BCUT2D eigenvalue weighted by Crippen LogP contribution is -2.45. The average Bonchev–Trinajstić information content (AvgIpc) is 2.90. The number of amides is 2. The van der Waals surface area contributed by atoms with Crippen LogP contribution in [0.5, 0.6) is 0 Å². The number of allylic oxidation sites excluding steroid dienone is 1. The van der Waals surface area contributed by atoms with E-state index < -0.39 is 29.5 Å². The van der Waals surface area contributed by atoms with Crippen LogP contribution in [-0.2, 0) is 14.3 Å². The van der Waals surface area contributed by atoms with E-state index in [0.717, 1.165) is 28.3 Å². The molecule has 8 heteroatoms. The molecule has 0 bridgehead atoms. The lowest BCUT2D eigenvalue weighted by molar-refractivity contribution is -0.145. The minimum absolute atomic E-state index is 0.0771. The van der Waals surface area contributed by atoms with Gasteiger partial charge in [-0.15, -0.1) is 0 Å². The maximum absolute atomic E-state index is 15.0. The Morgan fingerprint density at radius 2 is 1.97 bits per heavy atom. The smallest absolute Gasteiger partial charge is 0.326 e. The molecule has 2 aliphatic rings. The first-order valence-electron chi connectivity index (χ1n) is 9.81. The number of rotatable bonds is 5. The highest BCUT2D eigenvalue weighted by atomic mass is 32.2. The third kappa shape index (κ3) is 4.01. The number of carbonyl (C=O) groups excluding carboxylic acids is 3. The minimum Gasteiger partial charge on any atom is -0.465 e. The summed E-state index contributed by atoms with van der Waals surface area (Å²) in [6.07, 6.45) is 3.50. The van der Waals surface area contributed by atoms with E-state index in [1.807, 2.05) is 13.8 Å². The largest absolute Gasteiger partial charge is 0.465 e. The monoisotopic (exact) mass is 432 g/mol. The standard InChI is InChI=1S/C22H25FN2O4S/c1-6-25-17-10-16(23)14(8-15(17)13(3)11-22(25,4)5)9-18-20(27)24(21(28)30-18)12-19(26)29-7-2/h8-11H,6-7,12H2,1-5H3/b18-9-. The second-order valence-electron chi connectivity index (χ2n) is 7.69. The maximum Gasteiger partial charge on any atom is 0.326 e. The van der Waals surface area contributed by atoms with Crippen LogP contribution in [0.1, 0.15) is 45.7 Å². The molecule has 1 aromatic rings. The Hall–Kier alpha value is -2.61. The van der Waals surface area contributed by atoms with Gasteiger partial charge in [0.1, 0.15) is 12.4 Å². The van der Waals surface area contributed by atoms with Gasteiger partial charge in [-0.05, 0) is 70.2 Å². The highest BCUT2D eigenvalue weighted by Crippen LogP contribution is 2.41. The Kier molecular flexibility index (Phi) is 6.08. The number of nitrogens with zero attached hydrogens (tertiary/aromatic N) is 2. The van der Waals surface area contributed by atoms with Gasteiger partial charge in [-0.2, -0.15) is 0 Å². The summed E-state index contributed by atoms with van der Waals surface area (Å²) in [6.45, 7) is 10.2. The molecule has 2 amide bonds. The van der Waals surface area contributed by atoms with Gasteiger partial charge in [0.15, 0.2) is 0 Å². The molecule has 0 radical (unpaired) electrons. The van der Waals surface area contributed by atoms with Crippen molar-refractivity contribution in [2.45, 2.75) is 40.2 Å². The summed E-state index contributed by atoms with van der Waals surface area (Å²) in [5.74, 6) is -1.77. The number of thioether (sulfide) groups is 1. The fraction of sp³-hybridized carbons (Fsp3) is 0.409. The number of anilines is 1. The van der Waals surface area contributed by atoms with Crippen LogP contribution in [0.4, 0.5) is 14.9 Å². The summed E-state index contributed by atoms with van der Waals surface area (Å²) in [5.41, 5.74) is 2.68. The molecular formula is C22H25FN2O4S. The molecule has 0 unspecified atom stereocenters. The molecule has 1 fully saturated rings. The average molecular weight is 433 g/mol. The number of carbonyl (C=O) groups is 3. The van der Waals surface area contributed by atoms with Crippen molar-refractivity contribution in [1.82, 2.24) is 4.90 Å². The van der Waals surface area contributed by atoms with Crippen molar-refractivity contribution in [2.24, 2.45) is 0 Å². The summed E-state index contributed by atoms with van der Waals surface area (Å²) in [7, 11) is 0. The molecular weight excluding hydrogens is 407 g/mol. The van der Waals surface area contributed by atoms with E-state index in [-0.39, 0.29) is 22.6 Å². The summed E-state index contributed by atoms with van der Waals surface area (Å²) >= 11 is 0.687. The van der Waals surface area contributed by atoms with Gasteiger partial charge in [0.2, 0.25) is 0 Å². The van der Waals surface area contributed by atoms with E-state index in [9.17, 15) is 18.8 Å². The SMILES string of the molecule is CCOC(=O)CN1C(=O)S/C(=C\c2cc3c(cc2F)N(CC)C(C)(C)C=C3C)C1=O. The lowest BCUT2D eigenvalue weighted by Gasteiger charge is -2.42. The first kappa shape index (κ1) is 22.1. The minimum atomic E-state index is -0.663. The highest BCUT2D eigenvalue weighted by molar-refractivity contribution is 8.18. The molecule has 1 saturated heterocycles. The molecule has 0 atom stereocenters. The first-order valence-corrected chi connectivity index (χ1v) is 10.6. The molecule has 2 heterocycles. The predicted molar refractivity (Wildman–Crippen MR) is 116 cm³/mol. The van der Waals surface area contributed by atoms with Gasteiger partial charge in [-0.3, -0.25) is 19.3 Å². The summed E-state index contributed by atoms with van der Waals surface area (Å²) in [5, 5.41) is -0.576. The number of ether oxygens (including phenoxy) is 1. The Bertz CT molecular complexity index is 984. The highest BCUT2D eigenvalue weighted by Gasteiger charge is 2.37. The van der Waals surface area contributed by atoms with Gasteiger partial charge in [0.05, 0.1) is 17.1 Å². The molecule has 0 aromatic heterocycles. The van der Waals surface area contributed by atoms with E-state index in [1.165, 1.54) is 12.1 Å². The van der Waals surface area contributed by atoms with E-state index in [0.29, 0.717) is 11.8 Å². The van der Waals surface area contributed by atoms with Crippen molar-refractivity contribution in [3.8, 4) is 0 Å². The molecule has 6 nitrogen and oxygen atoms in total. The van der Waals surface area contributed by atoms with Crippen molar-refractivity contribution in [3.63, 3.8) is 0 Å². The number of benzene rings is 1. The molecule has 2 aliphatic heterocycles. The second-order valence-corrected chi connectivity index (χ2v) is 8.68. The van der Waals surface area contributed by atoms with Gasteiger partial charge >= 0.3 is 5.97 Å². The molecule has 0 aliphatic carbocycles. The number of hydrogen-bond donors (Lipinski definition) is 0. The van der Waals surface area contributed by atoms with Crippen LogP contribution < -0.4 is 4.90 Å². The third-order valence-corrected chi connectivity index (χ3v) is 6.07. The summed E-state index contributed by atoms with van der Waals surface area (Å²) < 4.78 is 19.8. The first-order chi connectivity index (χ1) is 14.1. The number of imide groups is 1. The van der Waals surface area contributed by atoms with Gasteiger partial charge < -0.3 is 9.64 Å². The van der Waals surface area contributed by atoms with Crippen LogP contribution in [-0.4, -0.2) is 47.3 Å². The topological polar surface area (TPSA) is 66.9 Å². The van der Waals surface area contributed by atoms with E-state index in [4.69, 9.17) is 4.74 Å². The molecule has 3 rings (SSSR count). The van der Waals surface area contributed by atoms with Gasteiger partial charge in [-0.1, -0.05) is 6.08 Å². The number of fused-ring (bicyclic) bond motifs is 1. The van der Waals surface area contributed by atoms with Crippen molar-refractivity contribution >= 4 is 46.2 Å². The Morgan fingerprint density at radius 1 is 1.27 bits per heavy atom. The van der Waals surface area contributed by atoms with Crippen LogP contribution in [0.25, 0.3) is 11.6 Å². The fourth-order valence-corrected chi connectivity index (χ4v) is 4.75. The van der Waals surface area contributed by atoms with Crippen molar-refractivity contribution in [1.29, 1.82) is 0 Å². The summed E-state index contributed by atoms with van der Waals surface area (Å²) in [6, 6.07) is 3.18. The molecule has 30 heavy (non-hydrogen) atoms. The van der Waals surface area contributed by atoms with E-state index in [2.05, 4.69) is 24.8 Å². The number of likely N-dealkylation sites (N-methyl/N-ethyl adjacent to an activating group) is 1. The predicted octanol–water partition coefficient (Wildman–Crippen LogP) is 4.45. The number of esters is 1. The van der Waals surface area contributed by atoms with Crippen molar-refractivity contribution in [3.05, 3.63) is 40.1 Å². The van der Waals surface area contributed by atoms with Crippen LogP contribution in [0.15, 0.2) is 23.1 Å². The van der Waals surface area contributed by atoms with Gasteiger partial charge in [0.25, 0.3) is 11.1 Å². The van der Waals surface area contributed by atoms with Crippen molar-refractivity contribution in [2.75, 3.05) is 24.6 Å². The molecule has 0 saturated carbocycles. The van der Waals surface area contributed by atoms with Crippen LogP contribution in [0.2, 0.25) is 0 Å². The maximum atomic E-state index is 15.0. The Labute approximate surface area is 179 Å². The molecule has 160 valence electrons. The number of hydrogen-bond acceptors (Lipinski definition) is 6. The normalized spacial score (nSPS) is 19.3. The van der Waals surface area contributed by atoms with Crippen LogP contribution in [0.3, 0.4) is 0 Å². The van der Waals surface area contributed by atoms with Gasteiger partial charge in [-0.25, -0.2) is 4.39 Å². The summed E-state index contributed by atoms with van der Waals surface area (Å²) in [4.78, 5) is 39.4. The Morgan fingerprint density at radius 3 is 2.60 bits per heavy atom. The zero-order chi connectivity index (χ0) is 22.2. The van der Waals surface area contributed by atoms with Crippen LogP contribution >= 0.6 is 11.8 Å². The van der Waals surface area contributed by atoms with E-state index >= 15 is 0 Å². The molecule has 1 aromatic carbocycles. The van der Waals surface area contributed by atoms with Crippen molar-refractivity contribution < 1.29 is 23.5 Å². The zero-order valence-electron chi connectivity index (χ0n) is 17.7. The molecule has 0 spiro atoms. The second kappa shape index (κ2) is 8.26. The fourth-order valence-electron chi connectivity index (χ4n) is 3.92. The third-order valence-electron chi connectivity index (χ3n) is 5.17. The number of halogens is 1. The zero-order valence-corrected chi connectivity index (χ0v) is 18.6. The van der Waals surface area contributed by atoms with E-state index in [1.54, 1.807) is 13.0 Å². The van der Waals surface area contributed by atoms with Gasteiger partial charge in [0, 0.05) is 23.4 Å². The molecule has 0 N–H and O–H groups in total.